The number of carbonyl (C=O) groups excluding carboxylic acids is 2. The Kier molecular flexibility index (Phi) is 4.68. The lowest BCUT2D eigenvalue weighted by Crippen LogP contribution is -2.49. The van der Waals surface area contributed by atoms with E-state index in [2.05, 4.69) is 47.4 Å². The molecule has 2 aromatic heterocycles. The van der Waals surface area contributed by atoms with Gasteiger partial charge in [-0.15, -0.1) is 0 Å². The Morgan fingerprint density at radius 3 is 2.67 bits per heavy atom. The molecular formula is C20H24N8O2. The fraction of sp³-hybridized carbons (Fsp3) is 0.500. The van der Waals surface area contributed by atoms with Gasteiger partial charge in [0.05, 0.1) is 0 Å². The molecule has 1 saturated carbocycles. The molecule has 3 amide bonds. The number of amides is 3. The van der Waals surface area contributed by atoms with E-state index in [0.29, 0.717) is 43.8 Å². The van der Waals surface area contributed by atoms with Gasteiger partial charge in [-0.25, -0.2) is 19.8 Å². The number of hydrogen-bond donors (Lipinski definition) is 2. The topological polar surface area (TPSA) is 128 Å². The van der Waals surface area contributed by atoms with Crippen LogP contribution in [-0.2, 0) is 4.79 Å². The van der Waals surface area contributed by atoms with Crippen molar-refractivity contribution < 1.29 is 9.59 Å². The zero-order chi connectivity index (χ0) is 21.5. The van der Waals surface area contributed by atoms with Crippen molar-refractivity contribution in [2.75, 3.05) is 11.6 Å². The molecule has 156 valence electrons. The summed E-state index contributed by atoms with van der Waals surface area (Å²) in [6.07, 6.45) is 5.64. The molecule has 30 heavy (non-hydrogen) atoms. The largest absolute Gasteiger partial charge is 0.323 e. The van der Waals surface area contributed by atoms with Crippen molar-refractivity contribution in [3.05, 3.63) is 24.2 Å². The molecule has 1 saturated heterocycles. The number of nitrogens with zero attached hydrogens (tertiary/aromatic N) is 6. The Balaban J connectivity index is 1.67. The first-order chi connectivity index (χ1) is 14.2. The maximum absolute atomic E-state index is 12.2. The molecule has 0 aromatic carbocycles. The Hall–Kier alpha value is -3.48. The van der Waals surface area contributed by atoms with E-state index in [4.69, 9.17) is 5.10 Å². The van der Waals surface area contributed by atoms with Crippen molar-refractivity contribution in [2.45, 2.75) is 52.0 Å². The molecule has 1 aliphatic carbocycles. The van der Waals surface area contributed by atoms with Gasteiger partial charge in [-0.05, 0) is 31.1 Å². The molecule has 10 nitrogen and oxygen atoms in total. The third kappa shape index (κ3) is 3.70. The zero-order valence-electron chi connectivity index (χ0n) is 17.3. The lowest BCUT2D eigenvalue weighted by molar-refractivity contribution is -0.124. The van der Waals surface area contributed by atoms with Crippen LogP contribution in [-0.4, -0.2) is 44.1 Å². The zero-order valence-corrected chi connectivity index (χ0v) is 17.3. The van der Waals surface area contributed by atoms with Crippen LogP contribution in [0.5, 0.6) is 0 Å². The number of hydrazone groups is 1. The standard InChI is InChI=1S/C20H24N8O2/c1-19(2,3)12-28(15-10-14(11-21)23-17-22-8-9-27(15)17)26-13-4-6-20(7-5-13)16(29)24-18(30)25-20/h8-10H,4-7,12H2,1-3H3,(H2,24,25,29,30). The maximum atomic E-state index is 12.2. The first-order valence-corrected chi connectivity index (χ1v) is 9.91. The Bertz CT molecular complexity index is 1080. The molecule has 2 N–H and O–H groups in total. The van der Waals surface area contributed by atoms with E-state index in [9.17, 15) is 14.9 Å². The van der Waals surface area contributed by atoms with Gasteiger partial charge in [0.15, 0.2) is 0 Å². The highest BCUT2D eigenvalue weighted by atomic mass is 16.2. The third-order valence-electron chi connectivity index (χ3n) is 5.31. The Morgan fingerprint density at radius 2 is 2.07 bits per heavy atom. The quantitative estimate of drug-likeness (QED) is 0.590. The van der Waals surface area contributed by atoms with Gasteiger partial charge in [-0.3, -0.25) is 14.5 Å². The van der Waals surface area contributed by atoms with Gasteiger partial charge in [0, 0.05) is 30.7 Å². The second-order valence-electron chi connectivity index (χ2n) is 8.98. The number of carbonyl (C=O) groups is 2. The summed E-state index contributed by atoms with van der Waals surface area (Å²) in [7, 11) is 0. The van der Waals surface area contributed by atoms with Crippen LogP contribution < -0.4 is 15.6 Å². The minimum Gasteiger partial charge on any atom is -0.323 e. The first-order valence-electron chi connectivity index (χ1n) is 9.91. The Labute approximate surface area is 174 Å². The van der Waals surface area contributed by atoms with Crippen LogP contribution in [0.2, 0.25) is 0 Å². The summed E-state index contributed by atoms with van der Waals surface area (Å²) in [6.45, 7) is 6.96. The van der Waals surface area contributed by atoms with Gasteiger partial charge in [-0.2, -0.15) is 10.4 Å². The number of nitrogens with one attached hydrogen (secondary N) is 2. The average Bonchev–Trinajstić information content (AvgIpc) is 3.25. The van der Waals surface area contributed by atoms with E-state index in [1.165, 1.54) is 0 Å². The van der Waals surface area contributed by atoms with Crippen LogP contribution in [0, 0.1) is 16.7 Å². The number of rotatable bonds is 3. The molecule has 3 heterocycles. The molecule has 2 aliphatic rings. The number of nitriles is 1. The minimum atomic E-state index is -0.826. The van der Waals surface area contributed by atoms with Gasteiger partial charge in [0.2, 0.25) is 5.78 Å². The summed E-state index contributed by atoms with van der Waals surface area (Å²) >= 11 is 0. The number of anilines is 1. The number of aromatic nitrogens is 3. The summed E-state index contributed by atoms with van der Waals surface area (Å²) < 4.78 is 1.81. The molecule has 10 heteroatoms. The van der Waals surface area contributed by atoms with Crippen molar-refractivity contribution in [3.8, 4) is 6.07 Å². The molecule has 0 atom stereocenters. The highest BCUT2D eigenvalue weighted by molar-refractivity contribution is 6.08. The minimum absolute atomic E-state index is 0.0672. The second-order valence-corrected chi connectivity index (χ2v) is 8.98. The number of imidazole rings is 1. The smallest absolute Gasteiger partial charge is 0.322 e. The van der Waals surface area contributed by atoms with Crippen LogP contribution in [0.25, 0.3) is 5.78 Å². The summed E-state index contributed by atoms with van der Waals surface area (Å²) in [5.74, 6) is 0.894. The molecule has 4 rings (SSSR count). The van der Waals surface area contributed by atoms with Crippen molar-refractivity contribution in [1.29, 1.82) is 5.26 Å². The lowest BCUT2D eigenvalue weighted by Gasteiger charge is -2.33. The van der Waals surface area contributed by atoms with Crippen LogP contribution >= 0.6 is 0 Å². The van der Waals surface area contributed by atoms with Crippen molar-refractivity contribution >= 4 is 29.2 Å². The molecule has 0 bridgehead atoms. The fourth-order valence-electron chi connectivity index (χ4n) is 3.88. The van der Waals surface area contributed by atoms with E-state index in [1.54, 1.807) is 18.5 Å². The molecule has 1 aliphatic heterocycles. The summed E-state index contributed by atoms with van der Waals surface area (Å²) in [5.41, 5.74) is 0.327. The highest BCUT2D eigenvalue weighted by Gasteiger charge is 2.47. The molecule has 2 aromatic rings. The lowest BCUT2D eigenvalue weighted by atomic mass is 9.81. The normalized spacial score (nSPS) is 21.5. The summed E-state index contributed by atoms with van der Waals surface area (Å²) in [6, 6.07) is 3.36. The molecular weight excluding hydrogens is 384 g/mol. The number of hydrogen-bond acceptors (Lipinski definition) is 7. The monoisotopic (exact) mass is 408 g/mol. The maximum Gasteiger partial charge on any atom is 0.322 e. The van der Waals surface area contributed by atoms with Crippen molar-refractivity contribution in [1.82, 2.24) is 25.0 Å². The number of imide groups is 1. The number of fused-ring (bicyclic) bond motifs is 1. The third-order valence-corrected chi connectivity index (χ3v) is 5.31. The molecule has 0 radical (unpaired) electrons. The van der Waals surface area contributed by atoms with E-state index < -0.39 is 11.6 Å². The van der Waals surface area contributed by atoms with Crippen LogP contribution in [0.15, 0.2) is 23.6 Å². The molecule has 2 fully saturated rings. The van der Waals surface area contributed by atoms with Crippen LogP contribution in [0.3, 0.4) is 0 Å². The predicted octanol–water partition coefficient (Wildman–Crippen LogP) is 1.96. The molecule has 1 spiro atoms. The van der Waals surface area contributed by atoms with Gasteiger partial charge in [-0.1, -0.05) is 20.8 Å². The summed E-state index contributed by atoms with van der Waals surface area (Å²) in [4.78, 5) is 32.2. The Morgan fingerprint density at radius 1 is 1.33 bits per heavy atom. The van der Waals surface area contributed by atoms with Gasteiger partial charge < -0.3 is 5.32 Å². The predicted molar refractivity (Wildman–Crippen MR) is 110 cm³/mol. The number of urea groups is 1. The first kappa shape index (κ1) is 19.8. The van der Waals surface area contributed by atoms with Crippen LogP contribution in [0.1, 0.15) is 52.1 Å². The SMILES string of the molecule is CC(C)(C)CN(N=C1CCC2(CC1)NC(=O)NC2=O)c1cc(C#N)nc2nccn12. The average molecular weight is 408 g/mol. The van der Waals surface area contributed by atoms with E-state index in [-0.39, 0.29) is 17.0 Å². The highest BCUT2D eigenvalue weighted by Crippen LogP contribution is 2.31. The van der Waals surface area contributed by atoms with Crippen molar-refractivity contribution in [2.24, 2.45) is 10.5 Å². The van der Waals surface area contributed by atoms with Crippen LogP contribution in [0.4, 0.5) is 10.6 Å². The van der Waals surface area contributed by atoms with E-state index >= 15 is 0 Å². The van der Waals surface area contributed by atoms with E-state index in [0.717, 1.165) is 5.71 Å². The fourth-order valence-corrected chi connectivity index (χ4v) is 3.88. The van der Waals surface area contributed by atoms with E-state index in [1.807, 2.05) is 9.41 Å². The van der Waals surface area contributed by atoms with Crippen molar-refractivity contribution in [3.63, 3.8) is 0 Å². The van der Waals surface area contributed by atoms with Gasteiger partial charge in [0.25, 0.3) is 5.91 Å². The summed E-state index contributed by atoms with van der Waals surface area (Å²) in [5, 5.41) is 21.3. The molecule has 0 unspecified atom stereocenters. The van der Waals surface area contributed by atoms with Gasteiger partial charge in [0.1, 0.15) is 23.1 Å². The van der Waals surface area contributed by atoms with Gasteiger partial charge >= 0.3 is 6.03 Å². The second kappa shape index (κ2) is 7.09.